The van der Waals surface area contributed by atoms with Crippen molar-refractivity contribution in [1.82, 2.24) is 19.9 Å². The number of hydrogen-bond acceptors (Lipinski definition) is 5. The number of aromatic amines is 1. The van der Waals surface area contributed by atoms with Crippen LogP contribution in [0.15, 0.2) is 48.8 Å². The number of hydrogen-bond donors (Lipinski definition) is 2. The van der Waals surface area contributed by atoms with Crippen molar-refractivity contribution < 1.29 is 0 Å². The number of benzene rings is 1. The summed E-state index contributed by atoms with van der Waals surface area (Å²) >= 11 is 0. The van der Waals surface area contributed by atoms with Crippen LogP contribution in [-0.2, 0) is 6.54 Å². The van der Waals surface area contributed by atoms with Gasteiger partial charge in [-0.2, -0.15) is 5.26 Å². The van der Waals surface area contributed by atoms with Crippen molar-refractivity contribution in [1.29, 1.82) is 5.26 Å². The van der Waals surface area contributed by atoms with Gasteiger partial charge in [-0.25, -0.2) is 0 Å². The summed E-state index contributed by atoms with van der Waals surface area (Å²) in [4.78, 5) is 14.9. The molecule has 2 N–H and O–H groups in total. The van der Waals surface area contributed by atoms with Crippen molar-refractivity contribution in [3.05, 3.63) is 82.6 Å². The second kappa shape index (κ2) is 10.3. The highest BCUT2D eigenvalue weighted by Gasteiger charge is 2.13. The molecule has 4 aromatic rings. The highest BCUT2D eigenvalue weighted by atomic mass is 15.1. The van der Waals surface area contributed by atoms with Crippen molar-refractivity contribution in [2.75, 3.05) is 18.4 Å². The lowest BCUT2D eigenvalue weighted by molar-refractivity contribution is 0.292. The number of nitrogens with zero attached hydrogens (tertiary/aromatic N) is 4. The summed E-state index contributed by atoms with van der Waals surface area (Å²) in [5, 5.41) is 14.5. The Hall–Kier alpha value is -3.95. The van der Waals surface area contributed by atoms with E-state index in [-0.39, 0.29) is 0 Å². The normalized spacial score (nSPS) is 11.4. The lowest BCUT2D eigenvalue weighted by atomic mass is 10.0. The minimum Gasteiger partial charge on any atom is -0.361 e. The first-order chi connectivity index (χ1) is 16.5. The van der Waals surface area contributed by atoms with Gasteiger partial charge in [-0.3, -0.25) is 14.9 Å². The van der Waals surface area contributed by atoms with Crippen molar-refractivity contribution in [3.63, 3.8) is 0 Å². The number of nitrogens with one attached hydrogen (secondary N) is 2. The molecule has 172 valence electrons. The first-order valence-corrected chi connectivity index (χ1v) is 11.6. The summed E-state index contributed by atoms with van der Waals surface area (Å²) in [5.41, 5.74) is 8.07. The summed E-state index contributed by atoms with van der Waals surface area (Å²) in [5.74, 6) is 0. The fraction of sp³-hybridized carbons (Fsp3) is 0.250. The molecule has 0 unspecified atom stereocenters. The minimum atomic E-state index is 0.502. The molecule has 6 heteroatoms. The molecule has 0 radical (unpaired) electrons. The molecule has 0 fully saturated rings. The number of pyridine rings is 2. The molecule has 0 saturated carbocycles. The number of anilines is 2. The fourth-order valence-electron chi connectivity index (χ4n) is 4.12. The van der Waals surface area contributed by atoms with Gasteiger partial charge in [-0.05, 0) is 75.0 Å². The SMILES string of the molecule is CCN(CC)Cc1cccc(C=Cc2c(C)ncc(C#N)c2Nc2ccc3[nH]ccc3c2C)n1. The molecule has 4 rings (SSSR count). The van der Waals surface area contributed by atoms with Crippen molar-refractivity contribution in [2.45, 2.75) is 34.2 Å². The van der Waals surface area contributed by atoms with Gasteiger partial charge in [0, 0.05) is 46.8 Å². The average molecular weight is 451 g/mol. The van der Waals surface area contributed by atoms with Crippen LogP contribution in [-0.4, -0.2) is 32.9 Å². The first-order valence-electron chi connectivity index (χ1n) is 11.6. The van der Waals surface area contributed by atoms with Crippen molar-refractivity contribution >= 4 is 34.4 Å². The van der Waals surface area contributed by atoms with Gasteiger partial charge in [-0.1, -0.05) is 19.9 Å². The van der Waals surface area contributed by atoms with Crippen LogP contribution in [0.25, 0.3) is 23.1 Å². The molecule has 0 amide bonds. The van der Waals surface area contributed by atoms with Crippen LogP contribution in [0.4, 0.5) is 11.4 Å². The predicted octanol–water partition coefficient (Wildman–Crippen LogP) is 6.20. The smallest absolute Gasteiger partial charge is 0.103 e. The minimum absolute atomic E-state index is 0.502. The van der Waals surface area contributed by atoms with Crippen LogP contribution in [0.1, 0.15) is 47.6 Å². The van der Waals surface area contributed by atoms with Gasteiger partial charge in [0.25, 0.3) is 0 Å². The molecule has 34 heavy (non-hydrogen) atoms. The Labute approximate surface area is 201 Å². The van der Waals surface area contributed by atoms with Crippen LogP contribution in [0, 0.1) is 25.2 Å². The zero-order valence-corrected chi connectivity index (χ0v) is 20.2. The van der Waals surface area contributed by atoms with Crippen LogP contribution in [0.3, 0.4) is 0 Å². The van der Waals surface area contributed by atoms with Crippen LogP contribution in [0.5, 0.6) is 0 Å². The average Bonchev–Trinajstić information content (AvgIpc) is 3.34. The number of rotatable bonds is 8. The van der Waals surface area contributed by atoms with Gasteiger partial charge in [0.05, 0.1) is 22.6 Å². The van der Waals surface area contributed by atoms with Crippen molar-refractivity contribution in [3.8, 4) is 6.07 Å². The van der Waals surface area contributed by atoms with E-state index in [2.05, 4.69) is 59.2 Å². The zero-order valence-electron chi connectivity index (χ0n) is 20.2. The maximum atomic E-state index is 9.80. The van der Waals surface area contributed by atoms with Gasteiger partial charge in [0.2, 0.25) is 0 Å². The molecule has 0 bridgehead atoms. The summed E-state index contributed by atoms with van der Waals surface area (Å²) in [6.07, 6.45) is 7.56. The first kappa shape index (κ1) is 23.2. The molecule has 0 aliphatic carbocycles. The van der Waals surface area contributed by atoms with E-state index >= 15 is 0 Å². The Balaban J connectivity index is 1.69. The molecule has 6 nitrogen and oxygen atoms in total. The maximum Gasteiger partial charge on any atom is 0.103 e. The maximum absolute atomic E-state index is 9.80. The Morgan fingerprint density at radius 1 is 1.09 bits per heavy atom. The van der Waals surface area contributed by atoms with E-state index in [1.165, 1.54) is 0 Å². The highest BCUT2D eigenvalue weighted by Crippen LogP contribution is 2.32. The number of aryl methyl sites for hydroxylation is 2. The van der Waals surface area contributed by atoms with Crippen LogP contribution in [0.2, 0.25) is 0 Å². The quantitative estimate of drug-likeness (QED) is 0.334. The van der Waals surface area contributed by atoms with Crippen LogP contribution < -0.4 is 5.32 Å². The molecule has 0 atom stereocenters. The monoisotopic (exact) mass is 450 g/mol. The second-order valence-corrected chi connectivity index (χ2v) is 8.31. The molecular weight excluding hydrogens is 420 g/mol. The molecule has 0 aliphatic heterocycles. The van der Waals surface area contributed by atoms with E-state index < -0.39 is 0 Å². The fourth-order valence-corrected chi connectivity index (χ4v) is 4.12. The third-order valence-electron chi connectivity index (χ3n) is 6.23. The number of fused-ring (bicyclic) bond motifs is 1. The number of nitriles is 1. The Bertz CT molecular complexity index is 1370. The summed E-state index contributed by atoms with van der Waals surface area (Å²) in [6, 6.07) is 14.5. The summed E-state index contributed by atoms with van der Waals surface area (Å²) < 4.78 is 0. The van der Waals surface area contributed by atoms with E-state index in [9.17, 15) is 5.26 Å². The largest absolute Gasteiger partial charge is 0.361 e. The lowest BCUT2D eigenvalue weighted by Gasteiger charge is -2.17. The summed E-state index contributed by atoms with van der Waals surface area (Å²) in [6.45, 7) is 11.2. The molecule has 3 aromatic heterocycles. The molecule has 0 saturated heterocycles. The molecular formula is C28H30N6. The highest BCUT2D eigenvalue weighted by molar-refractivity contribution is 5.90. The standard InChI is InChI=1S/C28H30N6/c1-5-34(6-2)18-23-9-7-8-22(32-23)10-11-25-20(4)31-17-21(16-29)28(25)33-26-12-13-27-24(19(26)3)14-15-30-27/h7-15,17,30H,5-6,18H2,1-4H3,(H,31,33). The lowest BCUT2D eigenvalue weighted by Crippen LogP contribution is -2.22. The van der Waals surface area contributed by atoms with Gasteiger partial charge < -0.3 is 10.3 Å². The van der Waals surface area contributed by atoms with Gasteiger partial charge >= 0.3 is 0 Å². The third kappa shape index (κ3) is 4.85. The third-order valence-corrected chi connectivity index (χ3v) is 6.23. The Morgan fingerprint density at radius 2 is 1.91 bits per heavy atom. The molecule has 0 spiro atoms. The van der Waals surface area contributed by atoms with E-state index in [4.69, 9.17) is 4.98 Å². The molecule has 3 heterocycles. The van der Waals surface area contributed by atoms with Gasteiger partial charge in [0.1, 0.15) is 6.07 Å². The van der Waals surface area contributed by atoms with Crippen molar-refractivity contribution in [2.24, 2.45) is 0 Å². The van der Waals surface area contributed by atoms with Gasteiger partial charge in [0.15, 0.2) is 0 Å². The number of aromatic nitrogens is 3. The van der Waals surface area contributed by atoms with E-state index in [0.29, 0.717) is 5.56 Å². The predicted molar refractivity (Wildman–Crippen MR) is 140 cm³/mol. The second-order valence-electron chi connectivity index (χ2n) is 8.31. The topological polar surface area (TPSA) is 80.6 Å². The Kier molecular flexibility index (Phi) is 7.05. The van der Waals surface area contributed by atoms with Crippen LogP contribution >= 0.6 is 0 Å². The number of H-pyrrole nitrogens is 1. The van der Waals surface area contributed by atoms with E-state index in [1.807, 2.05) is 49.5 Å². The van der Waals surface area contributed by atoms with E-state index in [0.717, 1.165) is 70.1 Å². The zero-order chi connectivity index (χ0) is 24.1. The summed E-state index contributed by atoms with van der Waals surface area (Å²) in [7, 11) is 0. The Morgan fingerprint density at radius 3 is 2.68 bits per heavy atom. The molecule has 0 aliphatic rings. The van der Waals surface area contributed by atoms with E-state index in [1.54, 1.807) is 6.20 Å². The molecule has 1 aromatic carbocycles. The van der Waals surface area contributed by atoms with Gasteiger partial charge in [-0.15, -0.1) is 0 Å².